The van der Waals surface area contributed by atoms with Gasteiger partial charge < -0.3 is 16.2 Å². The van der Waals surface area contributed by atoms with E-state index in [-0.39, 0.29) is 30.3 Å². The number of aliphatic hydroxyl groups is 1. The fourth-order valence-corrected chi connectivity index (χ4v) is 1.81. The molecule has 1 saturated carbocycles. The first kappa shape index (κ1) is 15.7. The highest BCUT2D eigenvalue weighted by Crippen LogP contribution is 2.25. The van der Waals surface area contributed by atoms with Gasteiger partial charge in [-0.05, 0) is 26.7 Å². The van der Waals surface area contributed by atoms with E-state index in [1.54, 1.807) is 0 Å². The van der Waals surface area contributed by atoms with E-state index in [4.69, 9.17) is 5.73 Å². The van der Waals surface area contributed by atoms with Crippen molar-refractivity contribution in [1.82, 2.24) is 5.32 Å². The van der Waals surface area contributed by atoms with Crippen LogP contribution in [0.2, 0.25) is 0 Å². The topological polar surface area (TPSA) is 75.4 Å². The fraction of sp³-hybridized carbons (Fsp3) is 0.909. The minimum Gasteiger partial charge on any atom is -0.393 e. The molecule has 0 radical (unpaired) electrons. The number of amides is 1. The van der Waals surface area contributed by atoms with Crippen molar-refractivity contribution in [2.45, 2.75) is 39.2 Å². The molecule has 0 aromatic carbocycles. The molecular weight excluding hydrogens is 228 g/mol. The van der Waals surface area contributed by atoms with E-state index in [9.17, 15) is 9.90 Å². The molecule has 4 nitrogen and oxygen atoms in total. The van der Waals surface area contributed by atoms with Crippen LogP contribution in [-0.4, -0.2) is 30.2 Å². The second-order valence-corrected chi connectivity index (χ2v) is 5.06. The normalized spacial score (nSPS) is 25.0. The quantitative estimate of drug-likeness (QED) is 0.687. The lowest BCUT2D eigenvalue weighted by molar-refractivity contribution is -0.129. The van der Waals surface area contributed by atoms with Gasteiger partial charge in [0.05, 0.1) is 11.5 Å². The van der Waals surface area contributed by atoms with Crippen molar-refractivity contribution < 1.29 is 9.90 Å². The smallest absolute Gasteiger partial charge is 0.226 e. The van der Waals surface area contributed by atoms with Crippen LogP contribution in [0.3, 0.4) is 0 Å². The average Bonchev–Trinajstić information content (AvgIpc) is 2.60. The predicted octanol–water partition coefficient (Wildman–Crippen LogP) is 0.670. The Morgan fingerprint density at radius 3 is 2.56 bits per heavy atom. The molecule has 0 aromatic heterocycles. The molecule has 4 N–H and O–H groups in total. The average molecular weight is 251 g/mol. The molecule has 1 aliphatic rings. The van der Waals surface area contributed by atoms with Crippen molar-refractivity contribution in [2.24, 2.45) is 17.1 Å². The van der Waals surface area contributed by atoms with Crippen molar-refractivity contribution in [3.63, 3.8) is 0 Å². The molecule has 0 aromatic rings. The number of halogens is 1. The molecule has 0 bridgehead atoms. The Morgan fingerprint density at radius 2 is 2.12 bits per heavy atom. The van der Waals surface area contributed by atoms with Crippen LogP contribution in [0.5, 0.6) is 0 Å². The van der Waals surface area contributed by atoms with Crippen LogP contribution >= 0.6 is 12.4 Å². The third-order valence-electron chi connectivity index (χ3n) is 3.27. The highest BCUT2D eigenvalue weighted by atomic mass is 35.5. The van der Waals surface area contributed by atoms with E-state index in [1.165, 1.54) is 0 Å². The minimum absolute atomic E-state index is 0. The van der Waals surface area contributed by atoms with Gasteiger partial charge in [-0.1, -0.05) is 6.42 Å². The van der Waals surface area contributed by atoms with Gasteiger partial charge in [-0.3, -0.25) is 4.79 Å². The summed E-state index contributed by atoms with van der Waals surface area (Å²) < 4.78 is 0. The van der Waals surface area contributed by atoms with Crippen molar-refractivity contribution in [3.8, 4) is 0 Å². The van der Waals surface area contributed by atoms with Crippen molar-refractivity contribution in [3.05, 3.63) is 0 Å². The minimum atomic E-state index is -0.510. The summed E-state index contributed by atoms with van der Waals surface area (Å²) in [4.78, 5) is 11.7. The van der Waals surface area contributed by atoms with Gasteiger partial charge in [0.2, 0.25) is 5.91 Å². The van der Waals surface area contributed by atoms with Crippen LogP contribution in [0.25, 0.3) is 0 Å². The Hall–Kier alpha value is -0.320. The summed E-state index contributed by atoms with van der Waals surface area (Å²) in [5.74, 6) is 0.201. The highest BCUT2D eigenvalue weighted by Gasteiger charge is 2.29. The summed E-state index contributed by atoms with van der Waals surface area (Å²) in [5.41, 5.74) is 5.00. The van der Waals surface area contributed by atoms with Crippen molar-refractivity contribution in [2.75, 3.05) is 13.1 Å². The van der Waals surface area contributed by atoms with Crippen LogP contribution in [0.15, 0.2) is 0 Å². The van der Waals surface area contributed by atoms with Gasteiger partial charge >= 0.3 is 0 Å². The van der Waals surface area contributed by atoms with Gasteiger partial charge in [0, 0.05) is 19.0 Å². The van der Waals surface area contributed by atoms with Crippen LogP contribution in [0.1, 0.15) is 33.1 Å². The number of hydrogen-bond acceptors (Lipinski definition) is 3. The molecule has 0 spiro atoms. The molecule has 0 aliphatic heterocycles. The summed E-state index contributed by atoms with van der Waals surface area (Å²) >= 11 is 0. The number of rotatable bonds is 4. The molecular formula is C11H23ClN2O2. The van der Waals surface area contributed by atoms with E-state index >= 15 is 0 Å². The molecule has 1 rings (SSSR count). The molecule has 1 amide bonds. The Kier molecular flexibility index (Phi) is 6.30. The Balaban J connectivity index is 0.00000225. The zero-order valence-electron chi connectivity index (χ0n) is 10.0. The standard InChI is InChI=1S/C11H22N2O2.ClH/c1-11(2,7-12)10(15)13-6-8-4-3-5-9(8)14;/h8-9,14H,3-7,12H2,1-2H3,(H,13,15);1H. The molecule has 0 saturated heterocycles. The van der Waals surface area contributed by atoms with Gasteiger partial charge in [0.1, 0.15) is 0 Å². The third kappa shape index (κ3) is 3.92. The maximum atomic E-state index is 11.7. The number of hydrogen-bond donors (Lipinski definition) is 3. The van der Waals surface area contributed by atoms with Crippen molar-refractivity contribution in [1.29, 1.82) is 0 Å². The van der Waals surface area contributed by atoms with Crippen LogP contribution in [0, 0.1) is 11.3 Å². The Labute approximate surface area is 103 Å². The zero-order valence-corrected chi connectivity index (χ0v) is 10.8. The molecule has 96 valence electrons. The lowest BCUT2D eigenvalue weighted by Gasteiger charge is -2.23. The van der Waals surface area contributed by atoms with E-state index in [2.05, 4.69) is 5.32 Å². The van der Waals surface area contributed by atoms with Crippen molar-refractivity contribution >= 4 is 18.3 Å². The molecule has 0 heterocycles. The third-order valence-corrected chi connectivity index (χ3v) is 3.27. The van der Waals surface area contributed by atoms with Gasteiger partial charge in [-0.15, -0.1) is 12.4 Å². The number of carbonyl (C=O) groups is 1. The molecule has 2 atom stereocenters. The predicted molar refractivity (Wildman–Crippen MR) is 66.4 cm³/mol. The first-order valence-corrected chi connectivity index (χ1v) is 5.64. The van der Waals surface area contributed by atoms with E-state index in [0.717, 1.165) is 19.3 Å². The first-order valence-electron chi connectivity index (χ1n) is 5.64. The number of nitrogens with two attached hydrogens (primary N) is 1. The van der Waals surface area contributed by atoms with E-state index in [0.29, 0.717) is 13.1 Å². The van der Waals surface area contributed by atoms with Crippen LogP contribution < -0.4 is 11.1 Å². The van der Waals surface area contributed by atoms with E-state index in [1.807, 2.05) is 13.8 Å². The van der Waals surface area contributed by atoms with Gasteiger partial charge in [-0.2, -0.15) is 0 Å². The largest absolute Gasteiger partial charge is 0.393 e. The second-order valence-electron chi connectivity index (χ2n) is 5.06. The highest BCUT2D eigenvalue weighted by molar-refractivity contribution is 5.85. The van der Waals surface area contributed by atoms with Crippen LogP contribution in [-0.2, 0) is 4.79 Å². The number of nitrogens with one attached hydrogen (secondary N) is 1. The summed E-state index contributed by atoms with van der Waals surface area (Å²) in [6, 6.07) is 0. The Morgan fingerprint density at radius 1 is 1.50 bits per heavy atom. The van der Waals surface area contributed by atoms with E-state index < -0.39 is 5.41 Å². The number of carbonyl (C=O) groups excluding carboxylic acids is 1. The molecule has 1 fully saturated rings. The lowest BCUT2D eigenvalue weighted by atomic mass is 9.92. The molecule has 1 aliphatic carbocycles. The van der Waals surface area contributed by atoms with Gasteiger partial charge in [0.15, 0.2) is 0 Å². The molecule has 2 unspecified atom stereocenters. The second kappa shape index (κ2) is 6.42. The molecule has 5 heteroatoms. The summed E-state index contributed by atoms with van der Waals surface area (Å²) in [6.45, 7) is 4.57. The Bertz CT molecular complexity index is 234. The van der Waals surface area contributed by atoms with Gasteiger partial charge in [0.25, 0.3) is 0 Å². The summed E-state index contributed by atoms with van der Waals surface area (Å²) in [5, 5.41) is 12.5. The summed E-state index contributed by atoms with van der Waals surface area (Å²) in [6.07, 6.45) is 2.68. The monoisotopic (exact) mass is 250 g/mol. The fourth-order valence-electron chi connectivity index (χ4n) is 1.81. The van der Waals surface area contributed by atoms with Gasteiger partial charge in [-0.25, -0.2) is 0 Å². The summed E-state index contributed by atoms with van der Waals surface area (Å²) in [7, 11) is 0. The lowest BCUT2D eigenvalue weighted by Crippen LogP contribution is -2.44. The SMILES string of the molecule is CC(C)(CN)C(=O)NCC1CCCC1O.Cl. The number of aliphatic hydroxyl groups excluding tert-OH is 1. The molecule has 16 heavy (non-hydrogen) atoms. The zero-order chi connectivity index (χ0) is 11.5. The maximum absolute atomic E-state index is 11.7. The van der Waals surface area contributed by atoms with Crippen LogP contribution in [0.4, 0.5) is 0 Å². The first-order chi connectivity index (χ1) is 6.97. The maximum Gasteiger partial charge on any atom is 0.226 e.